The van der Waals surface area contributed by atoms with Crippen molar-refractivity contribution in [2.75, 3.05) is 32.6 Å². The maximum Gasteiger partial charge on any atom is 0.275 e. The van der Waals surface area contributed by atoms with Crippen LogP contribution in [0.4, 0.5) is 5.95 Å². The van der Waals surface area contributed by atoms with Crippen LogP contribution in [0.2, 0.25) is 10.0 Å². The van der Waals surface area contributed by atoms with Crippen LogP contribution in [-0.2, 0) is 9.47 Å². The first-order valence-corrected chi connectivity index (χ1v) is 8.77. The minimum absolute atomic E-state index is 0.0121. The van der Waals surface area contributed by atoms with E-state index in [0.717, 1.165) is 0 Å². The standard InChI is InChI=1S/C17H18Cl2N4O3/c1-3-26-16-12-13(10-5-4-9(18)8-11(10)19)21-17(20)22-14(12)15(24)23(16)6-7-25-2/h4-5,8,16H,3,6-7H2,1-2H3,(H2,20,21,22). The predicted molar refractivity (Wildman–Crippen MR) is 99.2 cm³/mol. The number of anilines is 1. The molecule has 1 aromatic heterocycles. The zero-order valence-corrected chi connectivity index (χ0v) is 15.8. The van der Waals surface area contributed by atoms with E-state index in [-0.39, 0.29) is 17.5 Å². The minimum Gasteiger partial charge on any atom is -0.383 e. The zero-order valence-electron chi connectivity index (χ0n) is 14.3. The van der Waals surface area contributed by atoms with Crippen molar-refractivity contribution in [1.29, 1.82) is 0 Å². The Bertz CT molecular complexity index is 847. The van der Waals surface area contributed by atoms with E-state index in [1.165, 1.54) is 0 Å². The van der Waals surface area contributed by atoms with Gasteiger partial charge in [0.1, 0.15) is 5.69 Å². The second kappa shape index (κ2) is 7.75. The third-order valence-corrected chi connectivity index (χ3v) is 4.55. The normalized spacial score (nSPS) is 16.2. The summed E-state index contributed by atoms with van der Waals surface area (Å²) in [6, 6.07) is 5.04. The highest BCUT2D eigenvalue weighted by molar-refractivity contribution is 6.36. The van der Waals surface area contributed by atoms with Gasteiger partial charge in [0.25, 0.3) is 5.91 Å². The second-order valence-corrected chi connectivity index (χ2v) is 6.46. The Labute approximate surface area is 161 Å². The highest BCUT2D eigenvalue weighted by atomic mass is 35.5. The smallest absolute Gasteiger partial charge is 0.275 e. The maximum absolute atomic E-state index is 12.9. The molecule has 3 rings (SSSR count). The first-order valence-electron chi connectivity index (χ1n) is 8.02. The topological polar surface area (TPSA) is 90.6 Å². The fourth-order valence-electron chi connectivity index (χ4n) is 2.91. The van der Waals surface area contributed by atoms with Gasteiger partial charge in [0.2, 0.25) is 5.95 Å². The molecule has 0 bridgehead atoms. The first-order chi connectivity index (χ1) is 12.5. The molecule has 7 nitrogen and oxygen atoms in total. The molecule has 0 fully saturated rings. The van der Waals surface area contributed by atoms with Gasteiger partial charge in [0, 0.05) is 30.8 Å². The number of nitrogens with zero attached hydrogens (tertiary/aromatic N) is 3. The number of nitrogen functional groups attached to an aromatic ring is 1. The molecule has 26 heavy (non-hydrogen) atoms. The lowest BCUT2D eigenvalue weighted by Gasteiger charge is -2.25. The van der Waals surface area contributed by atoms with Gasteiger partial charge in [-0.1, -0.05) is 23.2 Å². The fraction of sp³-hybridized carbons (Fsp3) is 0.353. The number of carbonyl (C=O) groups is 1. The second-order valence-electron chi connectivity index (χ2n) is 5.62. The van der Waals surface area contributed by atoms with Gasteiger partial charge in [0.15, 0.2) is 6.23 Å². The van der Waals surface area contributed by atoms with E-state index in [2.05, 4.69) is 9.97 Å². The van der Waals surface area contributed by atoms with Crippen LogP contribution >= 0.6 is 23.2 Å². The number of hydrogen-bond donors (Lipinski definition) is 1. The van der Waals surface area contributed by atoms with Crippen molar-refractivity contribution in [3.63, 3.8) is 0 Å². The number of hydrogen-bond acceptors (Lipinski definition) is 6. The molecule has 2 N–H and O–H groups in total. The highest BCUT2D eigenvalue weighted by Crippen LogP contribution is 2.41. The number of ether oxygens (including phenoxy) is 2. The van der Waals surface area contributed by atoms with E-state index in [1.54, 1.807) is 30.2 Å². The van der Waals surface area contributed by atoms with Gasteiger partial charge in [-0.3, -0.25) is 4.79 Å². The van der Waals surface area contributed by atoms with Crippen molar-refractivity contribution in [1.82, 2.24) is 14.9 Å². The minimum atomic E-state index is -0.639. The molecule has 0 spiro atoms. The molecule has 1 aliphatic heterocycles. The number of methoxy groups -OCH3 is 1. The molecule has 1 aliphatic rings. The first kappa shape index (κ1) is 18.8. The van der Waals surface area contributed by atoms with E-state index in [1.807, 2.05) is 6.92 Å². The largest absolute Gasteiger partial charge is 0.383 e. The number of fused-ring (bicyclic) bond motifs is 1. The van der Waals surface area contributed by atoms with E-state index in [0.29, 0.717) is 46.6 Å². The van der Waals surface area contributed by atoms with Crippen LogP contribution in [0.5, 0.6) is 0 Å². The summed E-state index contributed by atoms with van der Waals surface area (Å²) in [7, 11) is 1.57. The summed E-state index contributed by atoms with van der Waals surface area (Å²) < 4.78 is 10.9. The molecule has 1 unspecified atom stereocenters. The lowest BCUT2D eigenvalue weighted by atomic mass is 10.0. The molecule has 0 saturated carbocycles. The number of nitrogens with two attached hydrogens (primary N) is 1. The van der Waals surface area contributed by atoms with Crippen molar-refractivity contribution < 1.29 is 14.3 Å². The van der Waals surface area contributed by atoms with Gasteiger partial charge in [-0.2, -0.15) is 0 Å². The maximum atomic E-state index is 12.9. The summed E-state index contributed by atoms with van der Waals surface area (Å²) in [6.07, 6.45) is -0.639. The lowest BCUT2D eigenvalue weighted by Crippen LogP contribution is -2.32. The average molecular weight is 397 g/mol. The molecule has 2 aromatic rings. The summed E-state index contributed by atoms with van der Waals surface area (Å²) in [5.74, 6) is -0.294. The van der Waals surface area contributed by atoms with Crippen LogP contribution in [-0.4, -0.2) is 47.6 Å². The molecule has 0 radical (unpaired) electrons. The van der Waals surface area contributed by atoms with Gasteiger partial charge >= 0.3 is 0 Å². The Hall–Kier alpha value is -1.93. The van der Waals surface area contributed by atoms with Crippen molar-refractivity contribution in [3.8, 4) is 11.3 Å². The van der Waals surface area contributed by atoms with Crippen LogP contribution in [0.3, 0.4) is 0 Å². The molecular formula is C17H18Cl2N4O3. The fourth-order valence-corrected chi connectivity index (χ4v) is 3.41. The Balaban J connectivity index is 2.18. The molecule has 1 amide bonds. The van der Waals surface area contributed by atoms with Crippen molar-refractivity contribution >= 4 is 35.1 Å². The van der Waals surface area contributed by atoms with Crippen LogP contribution in [0.15, 0.2) is 18.2 Å². The number of rotatable bonds is 6. The van der Waals surface area contributed by atoms with Gasteiger partial charge in [-0.25, -0.2) is 9.97 Å². The van der Waals surface area contributed by atoms with E-state index in [9.17, 15) is 4.79 Å². The molecule has 138 valence electrons. The SMILES string of the molecule is CCOC1c2c(nc(N)nc2-c2ccc(Cl)cc2Cl)C(=O)N1CCOC. The number of amides is 1. The summed E-state index contributed by atoms with van der Waals surface area (Å²) in [5, 5.41) is 0.896. The summed E-state index contributed by atoms with van der Waals surface area (Å²) in [6.45, 7) is 2.97. The number of halogens is 2. The number of carbonyl (C=O) groups excluding carboxylic acids is 1. The average Bonchev–Trinajstić information content (AvgIpc) is 2.85. The summed E-state index contributed by atoms with van der Waals surface area (Å²) >= 11 is 12.3. The Morgan fingerprint density at radius 2 is 2.00 bits per heavy atom. The molecule has 1 atom stereocenters. The Morgan fingerprint density at radius 3 is 2.65 bits per heavy atom. The zero-order chi connectivity index (χ0) is 18.8. The van der Waals surface area contributed by atoms with Gasteiger partial charge in [-0.15, -0.1) is 0 Å². The molecule has 1 aromatic carbocycles. The summed E-state index contributed by atoms with van der Waals surface area (Å²) in [5.41, 5.74) is 7.68. The van der Waals surface area contributed by atoms with Crippen LogP contribution < -0.4 is 5.73 Å². The van der Waals surface area contributed by atoms with Crippen LogP contribution in [0, 0.1) is 0 Å². The molecule has 2 heterocycles. The monoisotopic (exact) mass is 396 g/mol. The third kappa shape index (κ3) is 3.35. The quantitative estimate of drug-likeness (QED) is 0.805. The lowest BCUT2D eigenvalue weighted by molar-refractivity contribution is -0.0403. The number of benzene rings is 1. The van der Waals surface area contributed by atoms with Gasteiger partial charge in [0.05, 0.1) is 22.9 Å². The van der Waals surface area contributed by atoms with Gasteiger partial charge in [-0.05, 0) is 25.1 Å². The Kier molecular flexibility index (Phi) is 5.62. The predicted octanol–water partition coefficient (Wildman–Crippen LogP) is 3.17. The van der Waals surface area contributed by atoms with E-state index in [4.69, 9.17) is 38.4 Å². The molecule has 9 heteroatoms. The summed E-state index contributed by atoms with van der Waals surface area (Å²) in [4.78, 5) is 22.9. The number of aromatic nitrogens is 2. The van der Waals surface area contributed by atoms with Gasteiger partial charge < -0.3 is 20.1 Å². The van der Waals surface area contributed by atoms with E-state index >= 15 is 0 Å². The molecular weight excluding hydrogens is 379 g/mol. The van der Waals surface area contributed by atoms with Crippen LogP contribution in [0.1, 0.15) is 29.2 Å². The van der Waals surface area contributed by atoms with Crippen molar-refractivity contribution in [2.45, 2.75) is 13.2 Å². The third-order valence-electron chi connectivity index (χ3n) is 4.00. The molecule has 0 aliphatic carbocycles. The Morgan fingerprint density at radius 1 is 1.27 bits per heavy atom. The van der Waals surface area contributed by atoms with Crippen molar-refractivity contribution in [2.24, 2.45) is 0 Å². The van der Waals surface area contributed by atoms with E-state index < -0.39 is 6.23 Å². The molecule has 0 saturated heterocycles. The highest BCUT2D eigenvalue weighted by Gasteiger charge is 2.41. The van der Waals surface area contributed by atoms with Crippen LogP contribution in [0.25, 0.3) is 11.3 Å². The van der Waals surface area contributed by atoms with Crippen molar-refractivity contribution in [3.05, 3.63) is 39.5 Å².